The minimum Gasteiger partial charge on any atom is -0.383 e. The monoisotopic (exact) mass is 363 g/mol. The predicted molar refractivity (Wildman–Crippen MR) is 95.4 cm³/mol. The molecule has 0 bridgehead atoms. The van der Waals surface area contributed by atoms with Gasteiger partial charge in [0.1, 0.15) is 11.7 Å². The fourth-order valence-electron chi connectivity index (χ4n) is 4.76. The molecule has 0 N–H and O–H groups in total. The average molecular weight is 363 g/mol. The van der Waals surface area contributed by atoms with Crippen LogP contribution in [0.1, 0.15) is 18.5 Å². The SMILES string of the molecule is COCCN1C(=O)[C@H]2CN(Cc3cncn3C)CCN2C12CCOCC2. The minimum atomic E-state index is -0.183. The number of aromatic nitrogens is 2. The smallest absolute Gasteiger partial charge is 0.242 e. The van der Waals surface area contributed by atoms with Gasteiger partial charge in [-0.1, -0.05) is 0 Å². The molecule has 3 aliphatic rings. The first kappa shape index (κ1) is 17.9. The fourth-order valence-corrected chi connectivity index (χ4v) is 4.76. The van der Waals surface area contributed by atoms with E-state index in [-0.39, 0.29) is 17.6 Å². The van der Waals surface area contributed by atoms with Crippen LogP contribution in [-0.4, -0.2) is 95.0 Å². The van der Waals surface area contributed by atoms with Crippen LogP contribution in [0.3, 0.4) is 0 Å². The van der Waals surface area contributed by atoms with Crippen molar-refractivity contribution < 1.29 is 14.3 Å². The summed E-state index contributed by atoms with van der Waals surface area (Å²) in [5.41, 5.74) is 0.998. The maximum Gasteiger partial charge on any atom is 0.242 e. The zero-order valence-corrected chi connectivity index (χ0v) is 15.8. The Hall–Kier alpha value is -1.48. The minimum absolute atomic E-state index is 0.0630. The number of fused-ring (bicyclic) bond motifs is 2. The lowest BCUT2D eigenvalue weighted by atomic mass is 9.96. The lowest BCUT2D eigenvalue weighted by Gasteiger charge is -2.49. The topological polar surface area (TPSA) is 63.1 Å². The molecule has 3 saturated heterocycles. The molecule has 3 fully saturated rings. The summed E-state index contributed by atoms with van der Waals surface area (Å²) in [5.74, 6) is 0.249. The molecule has 1 aromatic heterocycles. The van der Waals surface area contributed by atoms with Gasteiger partial charge in [0.05, 0.1) is 31.8 Å². The van der Waals surface area contributed by atoms with E-state index in [9.17, 15) is 4.79 Å². The summed E-state index contributed by atoms with van der Waals surface area (Å²) >= 11 is 0. The van der Waals surface area contributed by atoms with Crippen molar-refractivity contribution in [3.05, 3.63) is 18.2 Å². The molecular weight excluding hydrogens is 334 g/mol. The van der Waals surface area contributed by atoms with E-state index in [2.05, 4.69) is 19.7 Å². The van der Waals surface area contributed by atoms with E-state index in [1.165, 1.54) is 5.69 Å². The summed E-state index contributed by atoms with van der Waals surface area (Å²) in [6.45, 7) is 6.17. The highest BCUT2D eigenvalue weighted by Gasteiger charge is 2.57. The number of hydrogen-bond acceptors (Lipinski definition) is 6. The molecule has 3 aliphatic heterocycles. The predicted octanol–water partition coefficient (Wildman–Crippen LogP) is -0.0984. The molecule has 0 aliphatic carbocycles. The molecule has 1 atom stereocenters. The maximum atomic E-state index is 13.3. The summed E-state index contributed by atoms with van der Waals surface area (Å²) in [7, 11) is 3.71. The number of methoxy groups -OCH3 is 1. The number of rotatable bonds is 5. The second-order valence-electron chi connectivity index (χ2n) is 7.52. The molecule has 4 heterocycles. The van der Waals surface area contributed by atoms with Gasteiger partial charge in [-0.25, -0.2) is 4.98 Å². The molecule has 4 rings (SSSR count). The van der Waals surface area contributed by atoms with Crippen LogP contribution in [0.15, 0.2) is 12.5 Å². The Morgan fingerprint density at radius 1 is 1.35 bits per heavy atom. The Balaban J connectivity index is 1.53. The summed E-state index contributed by atoms with van der Waals surface area (Å²) in [4.78, 5) is 24.4. The van der Waals surface area contributed by atoms with Gasteiger partial charge in [0.2, 0.25) is 5.91 Å². The Labute approximate surface area is 154 Å². The molecular formula is C18H29N5O3. The third kappa shape index (κ3) is 2.94. The van der Waals surface area contributed by atoms with Gasteiger partial charge in [-0.2, -0.15) is 0 Å². The summed E-state index contributed by atoms with van der Waals surface area (Å²) in [5, 5.41) is 0. The van der Waals surface area contributed by atoms with Crippen LogP contribution < -0.4 is 0 Å². The standard InChI is InChI=1S/C18H29N5O3/c1-20-14-19-11-15(20)12-21-5-6-22-16(13-21)17(24)23(7-10-25-2)18(22)3-8-26-9-4-18/h11,14,16H,3-10,12-13H2,1-2H3/t16-/m1/s1. The lowest BCUT2D eigenvalue weighted by Crippen LogP contribution is -2.62. The number of amides is 1. The van der Waals surface area contributed by atoms with Crippen molar-refractivity contribution >= 4 is 5.91 Å². The van der Waals surface area contributed by atoms with Gasteiger partial charge in [-0.05, 0) is 0 Å². The van der Waals surface area contributed by atoms with E-state index >= 15 is 0 Å². The van der Waals surface area contributed by atoms with Crippen molar-refractivity contribution in [2.75, 3.05) is 53.1 Å². The Kier molecular flexibility index (Phi) is 5.00. The lowest BCUT2D eigenvalue weighted by molar-refractivity contribution is -0.137. The largest absolute Gasteiger partial charge is 0.383 e. The van der Waals surface area contributed by atoms with E-state index in [1.807, 2.05) is 24.1 Å². The number of hydrogen-bond donors (Lipinski definition) is 0. The first-order valence-corrected chi connectivity index (χ1v) is 9.48. The maximum absolute atomic E-state index is 13.3. The Bertz CT molecular complexity index is 643. The number of carbonyl (C=O) groups excluding carboxylic acids is 1. The molecule has 0 unspecified atom stereocenters. The second kappa shape index (κ2) is 7.26. The zero-order valence-electron chi connectivity index (χ0n) is 15.8. The van der Waals surface area contributed by atoms with Gasteiger partial charge in [0, 0.05) is 65.9 Å². The van der Waals surface area contributed by atoms with Crippen LogP contribution in [0.2, 0.25) is 0 Å². The zero-order chi connectivity index (χ0) is 18.1. The number of nitrogens with zero attached hydrogens (tertiary/aromatic N) is 5. The van der Waals surface area contributed by atoms with E-state index in [0.717, 1.165) is 52.2 Å². The van der Waals surface area contributed by atoms with Gasteiger partial charge < -0.3 is 18.9 Å². The van der Waals surface area contributed by atoms with Crippen LogP contribution in [0, 0.1) is 0 Å². The number of carbonyl (C=O) groups is 1. The summed E-state index contributed by atoms with van der Waals surface area (Å²) < 4.78 is 12.9. The number of imidazole rings is 1. The first-order chi connectivity index (χ1) is 12.7. The van der Waals surface area contributed by atoms with Gasteiger partial charge >= 0.3 is 0 Å². The number of ether oxygens (including phenoxy) is 2. The van der Waals surface area contributed by atoms with Crippen LogP contribution in [0.4, 0.5) is 0 Å². The number of piperazine rings is 1. The second-order valence-corrected chi connectivity index (χ2v) is 7.52. The van der Waals surface area contributed by atoms with Crippen LogP contribution in [0.25, 0.3) is 0 Å². The summed E-state index contributed by atoms with van der Waals surface area (Å²) in [6, 6.07) is -0.0630. The van der Waals surface area contributed by atoms with Crippen LogP contribution >= 0.6 is 0 Å². The molecule has 26 heavy (non-hydrogen) atoms. The van der Waals surface area contributed by atoms with Crippen molar-refractivity contribution in [2.24, 2.45) is 7.05 Å². The van der Waals surface area contributed by atoms with E-state index < -0.39 is 0 Å². The van der Waals surface area contributed by atoms with E-state index in [0.29, 0.717) is 13.2 Å². The molecule has 1 spiro atoms. The Morgan fingerprint density at radius 3 is 2.85 bits per heavy atom. The van der Waals surface area contributed by atoms with Gasteiger partial charge in [0.15, 0.2) is 0 Å². The highest BCUT2D eigenvalue weighted by atomic mass is 16.5. The van der Waals surface area contributed by atoms with Crippen LogP contribution in [-0.2, 0) is 27.9 Å². The molecule has 1 aromatic rings. The average Bonchev–Trinajstić information content (AvgIpc) is 3.15. The molecule has 8 nitrogen and oxygen atoms in total. The van der Waals surface area contributed by atoms with Gasteiger partial charge in [-0.15, -0.1) is 0 Å². The Morgan fingerprint density at radius 2 is 2.15 bits per heavy atom. The molecule has 0 saturated carbocycles. The van der Waals surface area contributed by atoms with Gasteiger partial charge in [0.25, 0.3) is 0 Å². The molecule has 8 heteroatoms. The first-order valence-electron chi connectivity index (χ1n) is 9.48. The summed E-state index contributed by atoms with van der Waals surface area (Å²) in [6.07, 6.45) is 5.52. The molecule has 0 radical (unpaired) electrons. The molecule has 144 valence electrons. The van der Waals surface area contributed by atoms with Crippen molar-refractivity contribution in [3.63, 3.8) is 0 Å². The van der Waals surface area contributed by atoms with Crippen molar-refractivity contribution in [2.45, 2.75) is 31.1 Å². The van der Waals surface area contributed by atoms with Crippen molar-refractivity contribution in [1.82, 2.24) is 24.3 Å². The third-order valence-corrected chi connectivity index (χ3v) is 6.17. The van der Waals surface area contributed by atoms with Crippen LogP contribution in [0.5, 0.6) is 0 Å². The molecule has 1 amide bonds. The highest BCUT2D eigenvalue weighted by Crippen LogP contribution is 2.41. The van der Waals surface area contributed by atoms with E-state index in [1.54, 1.807) is 7.11 Å². The molecule has 0 aromatic carbocycles. The normalized spacial score (nSPS) is 26.6. The van der Waals surface area contributed by atoms with Crippen molar-refractivity contribution in [1.29, 1.82) is 0 Å². The van der Waals surface area contributed by atoms with E-state index in [4.69, 9.17) is 9.47 Å². The highest BCUT2D eigenvalue weighted by molar-refractivity contribution is 5.85. The number of aryl methyl sites for hydroxylation is 1. The van der Waals surface area contributed by atoms with Gasteiger partial charge in [-0.3, -0.25) is 14.6 Å². The fraction of sp³-hybridized carbons (Fsp3) is 0.778. The van der Waals surface area contributed by atoms with Crippen molar-refractivity contribution in [3.8, 4) is 0 Å². The third-order valence-electron chi connectivity index (χ3n) is 6.17. The quantitative estimate of drug-likeness (QED) is 0.728.